The molecule has 0 spiro atoms. The second kappa shape index (κ2) is 10.8. The summed E-state index contributed by atoms with van der Waals surface area (Å²) in [4.78, 5) is 25.7. The highest BCUT2D eigenvalue weighted by atomic mass is 35.5. The zero-order chi connectivity index (χ0) is 24.1. The molecular weight excluding hydrogens is 475 g/mol. The minimum absolute atomic E-state index is 0.0367. The summed E-state index contributed by atoms with van der Waals surface area (Å²) in [7, 11) is -2.57. The maximum atomic E-state index is 13.4. The van der Waals surface area contributed by atoms with Crippen molar-refractivity contribution < 1.29 is 22.7 Å². The maximum Gasteiger partial charge on any atom is 0.338 e. The van der Waals surface area contributed by atoms with Crippen molar-refractivity contribution in [3.63, 3.8) is 0 Å². The van der Waals surface area contributed by atoms with Crippen LogP contribution in [0, 0.1) is 0 Å². The fraction of sp³-hybridized carbons (Fsp3) is 0.273. The smallest absolute Gasteiger partial charge is 0.338 e. The molecule has 7 nitrogen and oxygen atoms in total. The van der Waals surface area contributed by atoms with E-state index in [0.29, 0.717) is 10.7 Å². The molecule has 0 aliphatic carbocycles. The first kappa shape index (κ1) is 25.7. The number of esters is 1. The molecule has 32 heavy (non-hydrogen) atoms. The molecule has 0 atom stereocenters. The lowest BCUT2D eigenvalue weighted by atomic mass is 10.2. The van der Waals surface area contributed by atoms with Crippen molar-refractivity contribution >= 4 is 50.8 Å². The lowest BCUT2D eigenvalue weighted by Gasteiger charge is -2.24. The van der Waals surface area contributed by atoms with Crippen molar-refractivity contribution in [1.82, 2.24) is 4.90 Å². The van der Waals surface area contributed by atoms with Crippen LogP contribution in [0.4, 0.5) is 5.69 Å². The zero-order valence-electron chi connectivity index (χ0n) is 17.9. The number of halogens is 2. The van der Waals surface area contributed by atoms with Crippen molar-refractivity contribution in [3.05, 3.63) is 70.7 Å². The number of likely N-dealkylation sites (N-methyl/N-ethyl adjacent to an activating group) is 1. The molecule has 0 radical (unpaired) electrons. The van der Waals surface area contributed by atoms with Gasteiger partial charge < -0.3 is 9.64 Å². The number of anilines is 1. The average molecular weight is 499 g/mol. The molecule has 0 heterocycles. The van der Waals surface area contributed by atoms with Crippen LogP contribution < -0.4 is 4.31 Å². The lowest BCUT2D eigenvalue weighted by Crippen LogP contribution is -2.36. The van der Waals surface area contributed by atoms with E-state index < -0.39 is 22.6 Å². The largest absolute Gasteiger partial charge is 0.452 e. The standard InChI is InChI=1S/C22H24Cl2N2O5S/c1-5-12-26(18-9-7-17(23)8-10-18)32(29,30)20-13-16(6-11-19(20)24)22(28)31-14-21(27)25(4)15(2)3/h5-11,13,15H,1,12,14H2,2-4H3. The number of benzene rings is 2. The van der Waals surface area contributed by atoms with Gasteiger partial charge in [0, 0.05) is 18.1 Å². The Labute approximate surface area is 198 Å². The molecule has 0 aromatic heterocycles. The Kier molecular flexibility index (Phi) is 8.72. The minimum Gasteiger partial charge on any atom is -0.452 e. The Balaban J connectivity index is 2.35. The lowest BCUT2D eigenvalue weighted by molar-refractivity contribution is -0.134. The van der Waals surface area contributed by atoms with Crippen LogP contribution in [0.5, 0.6) is 0 Å². The second-order valence-electron chi connectivity index (χ2n) is 7.12. The van der Waals surface area contributed by atoms with Gasteiger partial charge in [0.15, 0.2) is 6.61 Å². The summed E-state index contributed by atoms with van der Waals surface area (Å²) < 4.78 is 32.9. The van der Waals surface area contributed by atoms with Gasteiger partial charge in [0.25, 0.3) is 15.9 Å². The molecule has 0 fully saturated rings. The first-order chi connectivity index (χ1) is 15.0. The average Bonchev–Trinajstić information content (AvgIpc) is 2.75. The molecule has 2 aromatic rings. The van der Waals surface area contributed by atoms with E-state index in [1.807, 2.05) is 13.8 Å². The van der Waals surface area contributed by atoms with E-state index >= 15 is 0 Å². The summed E-state index contributed by atoms with van der Waals surface area (Å²) in [5.41, 5.74) is 0.295. The number of hydrogen-bond acceptors (Lipinski definition) is 5. The third kappa shape index (κ3) is 6.03. The number of carbonyl (C=O) groups is 2. The van der Waals surface area contributed by atoms with Crippen molar-refractivity contribution in [2.75, 3.05) is 24.5 Å². The van der Waals surface area contributed by atoms with Crippen LogP contribution in [0.1, 0.15) is 24.2 Å². The molecule has 10 heteroatoms. The first-order valence-corrected chi connectivity index (χ1v) is 11.8. The number of hydrogen-bond donors (Lipinski definition) is 0. The summed E-state index contributed by atoms with van der Waals surface area (Å²) in [5, 5.41) is 0.380. The van der Waals surface area contributed by atoms with Crippen LogP contribution in [-0.4, -0.2) is 51.4 Å². The number of sulfonamides is 1. The van der Waals surface area contributed by atoms with Crippen molar-refractivity contribution in [2.24, 2.45) is 0 Å². The first-order valence-electron chi connectivity index (χ1n) is 9.60. The van der Waals surface area contributed by atoms with Crippen LogP contribution in [-0.2, 0) is 19.6 Å². The van der Waals surface area contributed by atoms with Crippen molar-refractivity contribution in [2.45, 2.75) is 24.8 Å². The molecule has 2 rings (SSSR count). The highest BCUT2D eigenvalue weighted by Gasteiger charge is 2.28. The molecule has 0 saturated heterocycles. The van der Waals surface area contributed by atoms with E-state index in [-0.39, 0.29) is 34.0 Å². The fourth-order valence-electron chi connectivity index (χ4n) is 2.61. The number of rotatable bonds is 9. The van der Waals surface area contributed by atoms with Gasteiger partial charge in [-0.15, -0.1) is 6.58 Å². The van der Waals surface area contributed by atoms with E-state index in [1.165, 1.54) is 23.1 Å². The van der Waals surface area contributed by atoms with Crippen LogP contribution in [0.2, 0.25) is 10.0 Å². The minimum atomic E-state index is -4.17. The van der Waals surface area contributed by atoms with Gasteiger partial charge in [-0.25, -0.2) is 13.2 Å². The van der Waals surface area contributed by atoms with Gasteiger partial charge in [-0.2, -0.15) is 0 Å². The van der Waals surface area contributed by atoms with Gasteiger partial charge in [0.1, 0.15) is 4.90 Å². The van der Waals surface area contributed by atoms with Crippen molar-refractivity contribution in [1.29, 1.82) is 0 Å². The predicted octanol–water partition coefficient (Wildman–Crippen LogP) is 4.40. The molecule has 0 aliphatic rings. The predicted molar refractivity (Wildman–Crippen MR) is 126 cm³/mol. The molecule has 0 N–H and O–H groups in total. The summed E-state index contributed by atoms with van der Waals surface area (Å²) in [6, 6.07) is 9.91. The third-order valence-corrected chi connectivity index (χ3v) is 7.17. The van der Waals surface area contributed by atoms with Gasteiger partial charge in [-0.05, 0) is 56.3 Å². The van der Waals surface area contributed by atoms with Gasteiger partial charge in [0.05, 0.1) is 22.8 Å². The van der Waals surface area contributed by atoms with Gasteiger partial charge in [0.2, 0.25) is 0 Å². The van der Waals surface area contributed by atoms with E-state index in [2.05, 4.69) is 6.58 Å². The van der Waals surface area contributed by atoms with Crippen LogP contribution in [0.15, 0.2) is 60.0 Å². The Morgan fingerprint density at radius 2 is 1.75 bits per heavy atom. The van der Waals surface area contributed by atoms with Gasteiger partial charge in [-0.3, -0.25) is 9.10 Å². The molecule has 2 aromatic carbocycles. The van der Waals surface area contributed by atoms with Crippen LogP contribution in [0.25, 0.3) is 0 Å². The number of amides is 1. The maximum absolute atomic E-state index is 13.4. The molecule has 0 unspecified atom stereocenters. The molecule has 0 bridgehead atoms. The summed E-state index contributed by atoms with van der Waals surface area (Å²) in [6.07, 6.45) is 1.43. The van der Waals surface area contributed by atoms with E-state index in [9.17, 15) is 18.0 Å². The zero-order valence-corrected chi connectivity index (χ0v) is 20.2. The molecule has 172 valence electrons. The monoisotopic (exact) mass is 498 g/mol. The van der Waals surface area contributed by atoms with E-state index in [0.717, 1.165) is 10.4 Å². The number of ether oxygens (including phenoxy) is 1. The summed E-state index contributed by atoms with van der Waals surface area (Å²) >= 11 is 12.1. The second-order valence-corrected chi connectivity index (χ2v) is 9.80. The molecule has 1 amide bonds. The molecule has 0 saturated carbocycles. The topological polar surface area (TPSA) is 84.0 Å². The van der Waals surface area contributed by atoms with Gasteiger partial charge in [-0.1, -0.05) is 29.3 Å². The normalized spacial score (nSPS) is 11.2. The SMILES string of the molecule is C=CCN(c1ccc(Cl)cc1)S(=O)(=O)c1cc(C(=O)OCC(=O)N(C)C(C)C)ccc1Cl. The Morgan fingerprint density at radius 1 is 1.12 bits per heavy atom. The summed E-state index contributed by atoms with van der Waals surface area (Å²) in [6.45, 7) is 6.76. The van der Waals surface area contributed by atoms with Gasteiger partial charge >= 0.3 is 5.97 Å². The number of carbonyl (C=O) groups excluding carboxylic acids is 2. The van der Waals surface area contributed by atoms with Crippen LogP contribution >= 0.6 is 23.2 Å². The Morgan fingerprint density at radius 3 is 2.31 bits per heavy atom. The number of nitrogens with zero attached hydrogens (tertiary/aromatic N) is 2. The highest BCUT2D eigenvalue weighted by molar-refractivity contribution is 7.93. The fourth-order valence-corrected chi connectivity index (χ4v) is 4.68. The summed E-state index contributed by atoms with van der Waals surface area (Å²) in [5.74, 6) is -1.22. The molecular formula is C22H24Cl2N2O5S. The quantitative estimate of drug-likeness (QED) is 0.377. The Bertz CT molecular complexity index is 1100. The van der Waals surface area contributed by atoms with E-state index in [4.69, 9.17) is 27.9 Å². The Hall–Kier alpha value is -2.55. The molecule has 0 aliphatic heterocycles. The van der Waals surface area contributed by atoms with Crippen molar-refractivity contribution in [3.8, 4) is 0 Å². The highest BCUT2D eigenvalue weighted by Crippen LogP contribution is 2.30. The van der Waals surface area contributed by atoms with E-state index in [1.54, 1.807) is 31.3 Å². The third-order valence-electron chi connectivity index (χ3n) is 4.64. The van der Waals surface area contributed by atoms with Crippen LogP contribution in [0.3, 0.4) is 0 Å².